The molecule has 2 nitrogen and oxygen atoms in total. The lowest BCUT2D eigenvalue weighted by Gasteiger charge is -2.35. The van der Waals surface area contributed by atoms with Crippen molar-refractivity contribution in [1.82, 2.24) is 0 Å². The number of para-hydroxylation sites is 1. The highest BCUT2D eigenvalue weighted by atomic mass is 16.2. The van der Waals surface area contributed by atoms with E-state index in [4.69, 9.17) is 0 Å². The summed E-state index contributed by atoms with van der Waals surface area (Å²) in [7, 11) is 0. The molecule has 0 aromatic heterocycles. The predicted octanol–water partition coefficient (Wildman–Crippen LogP) is 4.28. The molecule has 2 aromatic carbocycles. The molecule has 0 radical (unpaired) electrons. The van der Waals surface area contributed by atoms with Gasteiger partial charge in [0.2, 0.25) is 0 Å². The molecule has 3 rings (SSSR count). The third-order valence-electron chi connectivity index (χ3n) is 4.50. The summed E-state index contributed by atoms with van der Waals surface area (Å²) >= 11 is 0. The Labute approximate surface area is 126 Å². The smallest absolute Gasteiger partial charge is 0.258 e. The highest BCUT2D eigenvalue weighted by Gasteiger charge is 2.28. The zero-order valence-corrected chi connectivity index (χ0v) is 12.9. The number of hydrogen-bond acceptors (Lipinski definition) is 1. The molecule has 1 unspecified atom stereocenters. The highest BCUT2D eigenvalue weighted by molar-refractivity contribution is 6.07. The molecule has 2 heteroatoms. The first kappa shape index (κ1) is 13.9. The van der Waals surface area contributed by atoms with Crippen molar-refractivity contribution in [3.63, 3.8) is 0 Å². The monoisotopic (exact) mass is 279 g/mol. The molecule has 0 spiro atoms. The molecule has 1 aliphatic rings. The Balaban J connectivity index is 2.02. The Morgan fingerprint density at radius 1 is 1.10 bits per heavy atom. The number of anilines is 1. The second-order valence-corrected chi connectivity index (χ2v) is 5.99. The minimum absolute atomic E-state index is 0.109. The van der Waals surface area contributed by atoms with Gasteiger partial charge in [-0.15, -0.1) is 0 Å². The molecule has 0 fully saturated rings. The largest absolute Gasteiger partial charge is 0.305 e. The molecular formula is C19H21NO. The van der Waals surface area contributed by atoms with Crippen LogP contribution in [-0.2, 0) is 6.42 Å². The van der Waals surface area contributed by atoms with Crippen molar-refractivity contribution in [3.05, 3.63) is 64.7 Å². The maximum atomic E-state index is 13.0. The van der Waals surface area contributed by atoms with Gasteiger partial charge in [0.05, 0.1) is 0 Å². The van der Waals surface area contributed by atoms with E-state index in [1.54, 1.807) is 0 Å². The van der Waals surface area contributed by atoms with E-state index in [0.29, 0.717) is 0 Å². The molecule has 0 N–H and O–H groups in total. The summed E-state index contributed by atoms with van der Waals surface area (Å²) in [6, 6.07) is 14.5. The van der Waals surface area contributed by atoms with Crippen LogP contribution in [0.3, 0.4) is 0 Å². The van der Waals surface area contributed by atoms with Crippen LogP contribution in [0.1, 0.15) is 40.4 Å². The van der Waals surface area contributed by atoms with Crippen LogP contribution >= 0.6 is 0 Å². The van der Waals surface area contributed by atoms with Crippen molar-refractivity contribution in [2.45, 2.75) is 39.7 Å². The Bertz CT molecular complexity index is 690. The first-order chi connectivity index (χ1) is 10.1. The molecule has 0 aliphatic carbocycles. The number of carbonyl (C=O) groups is 1. The number of fused-ring (bicyclic) bond motifs is 1. The summed E-state index contributed by atoms with van der Waals surface area (Å²) in [6.07, 6.45) is 2.07. The normalized spacial score (nSPS) is 17.5. The summed E-state index contributed by atoms with van der Waals surface area (Å²) in [5, 5.41) is 0. The molecule has 0 bridgehead atoms. The van der Waals surface area contributed by atoms with Crippen LogP contribution < -0.4 is 4.90 Å². The second-order valence-electron chi connectivity index (χ2n) is 5.99. The van der Waals surface area contributed by atoms with E-state index in [0.717, 1.165) is 24.1 Å². The molecule has 1 aliphatic heterocycles. The van der Waals surface area contributed by atoms with E-state index in [9.17, 15) is 4.79 Å². The number of carbonyl (C=O) groups excluding carboxylic acids is 1. The van der Waals surface area contributed by atoms with Crippen molar-refractivity contribution in [2.24, 2.45) is 0 Å². The molecule has 21 heavy (non-hydrogen) atoms. The first-order valence-electron chi connectivity index (χ1n) is 7.56. The lowest BCUT2D eigenvalue weighted by atomic mass is 9.95. The van der Waals surface area contributed by atoms with Crippen LogP contribution in [0, 0.1) is 13.8 Å². The van der Waals surface area contributed by atoms with Crippen molar-refractivity contribution in [1.29, 1.82) is 0 Å². The van der Waals surface area contributed by atoms with Crippen LogP contribution in [0.5, 0.6) is 0 Å². The maximum Gasteiger partial charge on any atom is 0.258 e. The zero-order chi connectivity index (χ0) is 15.0. The number of rotatable bonds is 1. The molecule has 2 aromatic rings. The van der Waals surface area contributed by atoms with E-state index >= 15 is 0 Å². The topological polar surface area (TPSA) is 20.3 Å². The lowest BCUT2D eigenvalue weighted by Crippen LogP contribution is -2.42. The Kier molecular flexibility index (Phi) is 3.54. The van der Waals surface area contributed by atoms with Crippen LogP contribution in [-0.4, -0.2) is 11.9 Å². The Hall–Kier alpha value is -2.09. The minimum atomic E-state index is 0.109. The summed E-state index contributed by atoms with van der Waals surface area (Å²) in [5.41, 5.74) is 5.51. The SMILES string of the molecule is Cc1ccc(C(=O)N2c3ccccc3CCC2C)cc1C. The number of aryl methyl sites for hydroxylation is 3. The van der Waals surface area contributed by atoms with E-state index < -0.39 is 0 Å². The summed E-state index contributed by atoms with van der Waals surface area (Å²) < 4.78 is 0. The van der Waals surface area contributed by atoms with Crippen LogP contribution in [0.2, 0.25) is 0 Å². The predicted molar refractivity (Wildman–Crippen MR) is 87.0 cm³/mol. The van der Waals surface area contributed by atoms with E-state index in [1.165, 1.54) is 16.7 Å². The van der Waals surface area contributed by atoms with Gasteiger partial charge >= 0.3 is 0 Å². The Morgan fingerprint density at radius 2 is 1.86 bits per heavy atom. The van der Waals surface area contributed by atoms with Crippen LogP contribution in [0.25, 0.3) is 0 Å². The van der Waals surface area contributed by atoms with E-state index in [1.807, 2.05) is 35.2 Å². The van der Waals surface area contributed by atoms with Crippen molar-refractivity contribution >= 4 is 11.6 Å². The molecule has 1 amide bonds. The minimum Gasteiger partial charge on any atom is -0.305 e. The van der Waals surface area contributed by atoms with Gasteiger partial charge in [0.25, 0.3) is 5.91 Å². The zero-order valence-electron chi connectivity index (χ0n) is 12.9. The average molecular weight is 279 g/mol. The van der Waals surface area contributed by atoms with Gasteiger partial charge in [-0.25, -0.2) is 0 Å². The molecular weight excluding hydrogens is 258 g/mol. The van der Waals surface area contributed by atoms with Gasteiger partial charge in [0.15, 0.2) is 0 Å². The Morgan fingerprint density at radius 3 is 2.62 bits per heavy atom. The number of benzene rings is 2. The molecule has 0 saturated carbocycles. The van der Waals surface area contributed by atoms with Gasteiger partial charge in [-0.05, 0) is 68.5 Å². The van der Waals surface area contributed by atoms with Gasteiger partial charge in [-0.2, -0.15) is 0 Å². The number of hydrogen-bond donors (Lipinski definition) is 0. The standard InChI is InChI=1S/C19H21NO/c1-13-8-10-17(12-14(13)2)19(21)20-15(3)9-11-16-6-4-5-7-18(16)20/h4-8,10,12,15H,9,11H2,1-3H3. The number of nitrogens with zero attached hydrogens (tertiary/aromatic N) is 1. The third kappa shape index (κ3) is 2.46. The summed E-state index contributed by atoms with van der Waals surface area (Å²) in [4.78, 5) is 14.9. The quantitative estimate of drug-likeness (QED) is 0.762. The van der Waals surface area contributed by atoms with Gasteiger partial charge in [0, 0.05) is 17.3 Å². The van der Waals surface area contributed by atoms with Crippen molar-refractivity contribution < 1.29 is 4.79 Å². The fourth-order valence-corrected chi connectivity index (χ4v) is 3.01. The molecule has 1 heterocycles. The van der Waals surface area contributed by atoms with Gasteiger partial charge in [0.1, 0.15) is 0 Å². The van der Waals surface area contributed by atoms with Gasteiger partial charge in [-0.3, -0.25) is 4.79 Å². The van der Waals surface area contributed by atoms with Gasteiger partial charge in [-0.1, -0.05) is 24.3 Å². The summed E-state index contributed by atoms with van der Waals surface area (Å²) in [5.74, 6) is 0.109. The fraction of sp³-hybridized carbons (Fsp3) is 0.316. The lowest BCUT2D eigenvalue weighted by molar-refractivity contribution is 0.0975. The van der Waals surface area contributed by atoms with Crippen molar-refractivity contribution in [2.75, 3.05) is 4.90 Å². The van der Waals surface area contributed by atoms with E-state index in [2.05, 4.69) is 32.9 Å². The first-order valence-corrected chi connectivity index (χ1v) is 7.56. The summed E-state index contributed by atoms with van der Waals surface area (Å²) in [6.45, 7) is 6.26. The molecule has 0 saturated heterocycles. The average Bonchev–Trinajstić information content (AvgIpc) is 2.49. The number of amides is 1. The highest BCUT2D eigenvalue weighted by Crippen LogP contribution is 2.31. The maximum absolute atomic E-state index is 13.0. The third-order valence-corrected chi connectivity index (χ3v) is 4.50. The fourth-order valence-electron chi connectivity index (χ4n) is 3.01. The van der Waals surface area contributed by atoms with Crippen LogP contribution in [0.4, 0.5) is 5.69 Å². The van der Waals surface area contributed by atoms with Gasteiger partial charge < -0.3 is 4.90 Å². The van der Waals surface area contributed by atoms with Crippen LogP contribution in [0.15, 0.2) is 42.5 Å². The van der Waals surface area contributed by atoms with Crippen molar-refractivity contribution in [3.8, 4) is 0 Å². The molecule has 108 valence electrons. The van der Waals surface area contributed by atoms with E-state index in [-0.39, 0.29) is 11.9 Å². The second kappa shape index (κ2) is 5.36. The molecule has 1 atom stereocenters.